The first-order chi connectivity index (χ1) is 12.2. The molecule has 134 valence electrons. The highest BCUT2D eigenvalue weighted by atomic mass is 35.5. The molecule has 0 spiro atoms. The van der Waals surface area contributed by atoms with Gasteiger partial charge in [0.25, 0.3) is 17.3 Å². The Kier molecular flexibility index (Phi) is 6.03. The smallest absolute Gasteiger partial charge is 0.277 e. The fourth-order valence-electron chi connectivity index (χ4n) is 1.86. The monoisotopic (exact) mass is 414 g/mol. The summed E-state index contributed by atoms with van der Waals surface area (Å²) in [6, 6.07) is 7.09. The van der Waals surface area contributed by atoms with Crippen LogP contribution in [0.1, 0.15) is 10.4 Å². The minimum atomic E-state index is -0.868. The third-order valence-electron chi connectivity index (χ3n) is 2.99. The largest absolute Gasteiger partial charge is 0.331 e. The van der Waals surface area contributed by atoms with Gasteiger partial charge in [0, 0.05) is 17.2 Å². The minimum Gasteiger partial charge on any atom is -0.331 e. The predicted molar refractivity (Wildman–Crippen MR) is 99.9 cm³/mol. The number of nitro groups is 2. The van der Waals surface area contributed by atoms with Crippen molar-refractivity contribution < 1.29 is 14.6 Å². The average molecular weight is 415 g/mol. The van der Waals surface area contributed by atoms with Crippen molar-refractivity contribution in [1.82, 2.24) is 5.32 Å². The first kappa shape index (κ1) is 19.5. The molecule has 0 saturated carbocycles. The van der Waals surface area contributed by atoms with Crippen molar-refractivity contribution in [2.45, 2.75) is 0 Å². The number of benzene rings is 2. The van der Waals surface area contributed by atoms with Crippen LogP contribution in [0.5, 0.6) is 0 Å². The zero-order valence-electron chi connectivity index (χ0n) is 12.6. The number of thiocarbonyl (C=S) groups is 1. The number of anilines is 1. The van der Waals surface area contributed by atoms with Gasteiger partial charge in [-0.05, 0) is 30.4 Å². The summed E-state index contributed by atoms with van der Waals surface area (Å²) in [5.41, 5.74) is -1.16. The summed E-state index contributed by atoms with van der Waals surface area (Å²) in [5.74, 6) is -0.868. The molecule has 2 aromatic rings. The number of carbonyl (C=O) groups is 1. The van der Waals surface area contributed by atoms with Gasteiger partial charge in [-0.25, -0.2) is 0 Å². The van der Waals surface area contributed by atoms with Crippen LogP contribution in [0.4, 0.5) is 17.1 Å². The zero-order chi connectivity index (χ0) is 19.4. The van der Waals surface area contributed by atoms with Gasteiger partial charge in [-0.2, -0.15) is 0 Å². The number of non-ortho nitro benzene ring substituents is 2. The Hall–Kier alpha value is -2.82. The highest BCUT2D eigenvalue weighted by Gasteiger charge is 2.20. The minimum absolute atomic E-state index is 0.173. The molecule has 2 aromatic carbocycles. The highest BCUT2D eigenvalue weighted by Crippen LogP contribution is 2.25. The molecular formula is C14H8Cl2N4O5S. The summed E-state index contributed by atoms with van der Waals surface area (Å²) in [5, 5.41) is 27.1. The number of rotatable bonds is 4. The molecule has 2 N–H and O–H groups in total. The van der Waals surface area contributed by atoms with Gasteiger partial charge in [0.2, 0.25) is 0 Å². The molecule has 1 amide bonds. The molecule has 0 aliphatic heterocycles. The fraction of sp³-hybridized carbons (Fsp3) is 0. The Morgan fingerprint density at radius 1 is 1.00 bits per heavy atom. The Morgan fingerprint density at radius 2 is 1.58 bits per heavy atom. The maximum atomic E-state index is 12.2. The zero-order valence-corrected chi connectivity index (χ0v) is 14.9. The van der Waals surface area contributed by atoms with E-state index in [9.17, 15) is 25.0 Å². The Bertz CT molecular complexity index is 905. The molecule has 0 bridgehead atoms. The molecule has 2 rings (SSSR count). The van der Waals surface area contributed by atoms with Crippen LogP contribution in [-0.4, -0.2) is 20.9 Å². The van der Waals surface area contributed by atoms with E-state index >= 15 is 0 Å². The van der Waals surface area contributed by atoms with Crippen LogP contribution in [0, 0.1) is 20.2 Å². The number of hydrogen-bond acceptors (Lipinski definition) is 6. The van der Waals surface area contributed by atoms with Crippen molar-refractivity contribution in [2.75, 3.05) is 5.32 Å². The first-order valence-corrected chi connectivity index (χ1v) is 7.85. The molecule has 0 aliphatic carbocycles. The molecule has 0 radical (unpaired) electrons. The number of carbonyl (C=O) groups excluding carboxylic acids is 1. The van der Waals surface area contributed by atoms with Crippen LogP contribution < -0.4 is 10.6 Å². The molecule has 0 fully saturated rings. The standard InChI is InChI=1S/C14H8Cl2N4O5S/c15-8-1-2-11(16)12(5-8)17-14(26)18-13(21)7-3-9(19(22)23)6-10(4-7)20(24)25/h1-6H,(H2,17,18,21,26). The van der Waals surface area contributed by atoms with E-state index in [0.29, 0.717) is 10.7 Å². The van der Waals surface area contributed by atoms with Crippen molar-refractivity contribution in [3.63, 3.8) is 0 Å². The molecule has 26 heavy (non-hydrogen) atoms. The van der Waals surface area contributed by atoms with E-state index in [2.05, 4.69) is 10.6 Å². The SMILES string of the molecule is O=C(NC(=S)Nc1cc(Cl)ccc1Cl)c1cc([N+](=O)[O-])cc([N+](=O)[O-])c1. The van der Waals surface area contributed by atoms with Crippen LogP contribution in [0.15, 0.2) is 36.4 Å². The van der Waals surface area contributed by atoms with Crippen LogP contribution >= 0.6 is 35.4 Å². The predicted octanol–water partition coefficient (Wildman–Crippen LogP) is 3.94. The van der Waals surface area contributed by atoms with Gasteiger partial charge in [-0.15, -0.1) is 0 Å². The Morgan fingerprint density at radius 3 is 2.12 bits per heavy atom. The molecule has 12 heteroatoms. The lowest BCUT2D eigenvalue weighted by Crippen LogP contribution is -2.34. The maximum Gasteiger partial charge on any atom is 0.277 e. The van der Waals surface area contributed by atoms with Gasteiger partial charge >= 0.3 is 0 Å². The van der Waals surface area contributed by atoms with E-state index in [-0.39, 0.29) is 15.7 Å². The van der Waals surface area contributed by atoms with Gasteiger partial charge < -0.3 is 5.32 Å². The molecule has 0 aromatic heterocycles. The number of hydrogen-bond donors (Lipinski definition) is 2. The van der Waals surface area contributed by atoms with E-state index in [1.807, 2.05) is 0 Å². The normalized spacial score (nSPS) is 10.1. The summed E-state index contributed by atoms with van der Waals surface area (Å²) in [6.07, 6.45) is 0. The van der Waals surface area contributed by atoms with Crippen LogP contribution in [0.25, 0.3) is 0 Å². The molecule has 0 saturated heterocycles. The fourth-order valence-corrected chi connectivity index (χ4v) is 2.40. The Labute approximate surface area is 161 Å². The Balaban J connectivity index is 2.21. The average Bonchev–Trinajstić information content (AvgIpc) is 2.57. The van der Waals surface area contributed by atoms with Gasteiger partial charge in [0.15, 0.2) is 5.11 Å². The van der Waals surface area contributed by atoms with Crippen molar-refractivity contribution in [2.24, 2.45) is 0 Å². The lowest BCUT2D eigenvalue weighted by atomic mass is 10.1. The summed E-state index contributed by atoms with van der Waals surface area (Å²) in [6.45, 7) is 0. The number of amides is 1. The second-order valence-corrected chi connectivity index (χ2v) is 6.04. The number of nitrogens with zero attached hydrogens (tertiary/aromatic N) is 2. The van der Waals surface area contributed by atoms with Gasteiger partial charge in [-0.3, -0.25) is 30.3 Å². The van der Waals surface area contributed by atoms with Crippen LogP contribution in [-0.2, 0) is 0 Å². The van der Waals surface area contributed by atoms with Gasteiger partial charge in [0.1, 0.15) is 0 Å². The number of halogens is 2. The molecule has 9 nitrogen and oxygen atoms in total. The van der Waals surface area contributed by atoms with Crippen molar-refractivity contribution in [3.05, 3.63) is 72.2 Å². The second kappa shape index (κ2) is 8.04. The first-order valence-electron chi connectivity index (χ1n) is 6.68. The lowest BCUT2D eigenvalue weighted by molar-refractivity contribution is -0.394. The lowest BCUT2D eigenvalue weighted by Gasteiger charge is -2.11. The van der Waals surface area contributed by atoms with E-state index in [4.69, 9.17) is 35.4 Å². The van der Waals surface area contributed by atoms with E-state index < -0.39 is 27.1 Å². The summed E-state index contributed by atoms with van der Waals surface area (Å²) >= 11 is 16.8. The molecular weight excluding hydrogens is 407 g/mol. The van der Waals surface area contributed by atoms with Crippen LogP contribution in [0.2, 0.25) is 10.0 Å². The third-order valence-corrected chi connectivity index (χ3v) is 3.76. The van der Waals surface area contributed by atoms with Gasteiger partial charge in [-0.1, -0.05) is 23.2 Å². The van der Waals surface area contributed by atoms with Gasteiger partial charge in [0.05, 0.1) is 32.2 Å². The number of nitro benzene ring substituents is 2. The summed E-state index contributed by atoms with van der Waals surface area (Å²) in [7, 11) is 0. The van der Waals surface area contributed by atoms with Crippen molar-refractivity contribution in [3.8, 4) is 0 Å². The third kappa shape index (κ3) is 4.85. The maximum absolute atomic E-state index is 12.2. The highest BCUT2D eigenvalue weighted by molar-refractivity contribution is 7.80. The molecule has 0 unspecified atom stereocenters. The molecule has 0 aliphatic rings. The van der Waals surface area contributed by atoms with Crippen molar-refractivity contribution in [1.29, 1.82) is 0 Å². The van der Waals surface area contributed by atoms with E-state index in [0.717, 1.165) is 18.2 Å². The summed E-state index contributed by atoms with van der Waals surface area (Å²) < 4.78 is 0. The quantitative estimate of drug-likeness (QED) is 0.440. The van der Waals surface area contributed by atoms with Crippen molar-refractivity contribution >= 4 is 63.5 Å². The molecule has 0 atom stereocenters. The second-order valence-electron chi connectivity index (χ2n) is 4.78. The van der Waals surface area contributed by atoms with E-state index in [1.54, 1.807) is 6.07 Å². The number of nitrogens with one attached hydrogen (secondary N) is 2. The summed E-state index contributed by atoms with van der Waals surface area (Å²) in [4.78, 5) is 32.3. The van der Waals surface area contributed by atoms with Crippen LogP contribution in [0.3, 0.4) is 0 Å². The topological polar surface area (TPSA) is 127 Å². The molecule has 0 heterocycles. The van der Waals surface area contributed by atoms with E-state index in [1.165, 1.54) is 12.1 Å².